The van der Waals surface area contributed by atoms with Crippen molar-refractivity contribution in [1.29, 1.82) is 5.26 Å². The lowest BCUT2D eigenvalue weighted by molar-refractivity contribution is 0.340. The van der Waals surface area contributed by atoms with Gasteiger partial charge in [-0.1, -0.05) is 6.07 Å². The predicted molar refractivity (Wildman–Crippen MR) is 122 cm³/mol. The predicted octanol–water partition coefficient (Wildman–Crippen LogP) is 3.38. The molecule has 8 nitrogen and oxygen atoms in total. The third-order valence-electron chi connectivity index (χ3n) is 4.67. The maximum atomic E-state index is 12.2. The number of nitriles is 1. The lowest BCUT2D eigenvalue weighted by Crippen LogP contribution is -2.19. The largest absolute Gasteiger partial charge is 0.493 e. The molecule has 0 saturated heterocycles. The van der Waals surface area contributed by atoms with E-state index >= 15 is 0 Å². The molecule has 3 rings (SSSR count). The molecule has 32 heavy (non-hydrogen) atoms. The standard InChI is InChI=1S/C23H23N3O5S/c1-3-30-22-13-23(27)26(2)15-20(22)19-12-16(10-11-25-32(28)29)6-9-21(19)31-18-7-4-17(14-24)5-8-18/h4-9,12-13,15,25H,3,10-11H2,1-2H3,(H,28,29). The van der Waals surface area contributed by atoms with E-state index in [1.54, 1.807) is 43.6 Å². The smallest absolute Gasteiger partial charge is 0.254 e. The summed E-state index contributed by atoms with van der Waals surface area (Å²) >= 11 is -2.08. The van der Waals surface area contributed by atoms with E-state index in [-0.39, 0.29) is 5.56 Å². The molecule has 166 valence electrons. The fraction of sp³-hybridized carbons (Fsp3) is 0.217. The van der Waals surface area contributed by atoms with E-state index in [4.69, 9.17) is 19.3 Å². The molecule has 1 atom stereocenters. The van der Waals surface area contributed by atoms with Gasteiger partial charge < -0.3 is 14.0 Å². The van der Waals surface area contributed by atoms with Crippen LogP contribution in [0.3, 0.4) is 0 Å². The van der Waals surface area contributed by atoms with Gasteiger partial charge in [0, 0.05) is 37.0 Å². The van der Waals surface area contributed by atoms with Gasteiger partial charge in [-0.15, -0.1) is 0 Å². The van der Waals surface area contributed by atoms with Crippen molar-refractivity contribution in [3.05, 3.63) is 76.2 Å². The number of aryl methyl sites for hydroxylation is 1. The quantitative estimate of drug-likeness (QED) is 0.480. The van der Waals surface area contributed by atoms with Crippen LogP contribution in [0.15, 0.2) is 59.5 Å². The second-order valence-electron chi connectivity index (χ2n) is 6.90. The van der Waals surface area contributed by atoms with Gasteiger partial charge in [-0.25, -0.2) is 8.93 Å². The summed E-state index contributed by atoms with van der Waals surface area (Å²) in [5.41, 5.74) is 2.62. The maximum Gasteiger partial charge on any atom is 0.254 e. The number of nitrogens with zero attached hydrogens (tertiary/aromatic N) is 2. The highest BCUT2D eigenvalue weighted by Crippen LogP contribution is 2.38. The SMILES string of the molecule is CCOc1cc(=O)n(C)cc1-c1cc(CCNS(=O)O)ccc1Oc1ccc(C#N)cc1. The summed E-state index contributed by atoms with van der Waals surface area (Å²) in [5, 5.41) is 9.00. The van der Waals surface area contributed by atoms with Crippen LogP contribution in [0.25, 0.3) is 11.1 Å². The summed E-state index contributed by atoms with van der Waals surface area (Å²) < 4.78 is 35.6. The third kappa shape index (κ3) is 5.82. The van der Waals surface area contributed by atoms with Crippen LogP contribution in [0.2, 0.25) is 0 Å². The Labute approximate surface area is 188 Å². The van der Waals surface area contributed by atoms with Gasteiger partial charge in [-0.05, 0) is 55.3 Å². The molecule has 0 spiro atoms. The fourth-order valence-corrected chi connectivity index (χ4v) is 3.41. The second-order valence-corrected chi connectivity index (χ2v) is 7.68. The van der Waals surface area contributed by atoms with E-state index < -0.39 is 11.3 Å². The Kier molecular flexibility index (Phi) is 7.78. The summed E-state index contributed by atoms with van der Waals surface area (Å²) in [7, 11) is 1.66. The van der Waals surface area contributed by atoms with Crippen LogP contribution >= 0.6 is 0 Å². The first kappa shape index (κ1) is 23.2. The Morgan fingerprint density at radius 1 is 1.12 bits per heavy atom. The van der Waals surface area contributed by atoms with Gasteiger partial charge in [0.2, 0.25) is 11.3 Å². The molecule has 9 heteroatoms. The van der Waals surface area contributed by atoms with Gasteiger partial charge >= 0.3 is 0 Å². The minimum Gasteiger partial charge on any atom is -0.493 e. The summed E-state index contributed by atoms with van der Waals surface area (Å²) in [4.78, 5) is 12.2. The number of ether oxygens (including phenoxy) is 2. The zero-order valence-corrected chi connectivity index (χ0v) is 18.5. The average molecular weight is 454 g/mol. The molecule has 0 fully saturated rings. The number of rotatable bonds is 9. The minimum atomic E-state index is -2.08. The van der Waals surface area contributed by atoms with Crippen molar-refractivity contribution in [3.63, 3.8) is 0 Å². The third-order valence-corrected chi connectivity index (χ3v) is 5.13. The van der Waals surface area contributed by atoms with E-state index in [0.29, 0.717) is 53.5 Å². The number of hydrogen-bond acceptors (Lipinski definition) is 5. The second kappa shape index (κ2) is 10.7. The van der Waals surface area contributed by atoms with Crippen molar-refractivity contribution in [1.82, 2.24) is 9.29 Å². The lowest BCUT2D eigenvalue weighted by atomic mass is 10.0. The van der Waals surface area contributed by atoms with Gasteiger partial charge in [0.25, 0.3) is 5.56 Å². The Morgan fingerprint density at radius 2 is 1.88 bits per heavy atom. The number of pyridine rings is 1. The number of nitrogens with one attached hydrogen (secondary N) is 1. The van der Waals surface area contributed by atoms with E-state index in [9.17, 15) is 9.00 Å². The van der Waals surface area contributed by atoms with Crippen LogP contribution in [0.5, 0.6) is 17.2 Å². The van der Waals surface area contributed by atoms with Gasteiger partial charge in [-0.3, -0.25) is 9.35 Å². The Balaban J connectivity index is 2.07. The Morgan fingerprint density at radius 3 is 2.53 bits per heavy atom. The Bertz CT molecular complexity index is 1220. The molecular weight excluding hydrogens is 430 g/mol. The molecular formula is C23H23N3O5S. The van der Waals surface area contributed by atoms with Crippen LogP contribution in [-0.4, -0.2) is 26.5 Å². The van der Waals surface area contributed by atoms with Gasteiger partial charge in [-0.2, -0.15) is 5.26 Å². The first-order chi connectivity index (χ1) is 15.4. The highest BCUT2D eigenvalue weighted by molar-refractivity contribution is 7.77. The summed E-state index contributed by atoms with van der Waals surface area (Å²) in [6.45, 7) is 2.54. The van der Waals surface area contributed by atoms with Crippen molar-refractivity contribution in [2.75, 3.05) is 13.2 Å². The van der Waals surface area contributed by atoms with Crippen LogP contribution in [-0.2, 0) is 24.7 Å². The van der Waals surface area contributed by atoms with Crippen molar-refractivity contribution >= 4 is 11.3 Å². The van der Waals surface area contributed by atoms with Gasteiger partial charge in [0.05, 0.1) is 18.2 Å². The van der Waals surface area contributed by atoms with E-state index in [1.165, 1.54) is 10.6 Å². The lowest BCUT2D eigenvalue weighted by Gasteiger charge is -2.17. The van der Waals surface area contributed by atoms with Crippen molar-refractivity contribution < 1.29 is 18.2 Å². The molecule has 0 saturated carbocycles. The maximum absolute atomic E-state index is 12.2. The molecule has 3 aromatic rings. The number of benzene rings is 2. The summed E-state index contributed by atoms with van der Waals surface area (Å²) in [6.07, 6.45) is 2.20. The minimum absolute atomic E-state index is 0.197. The van der Waals surface area contributed by atoms with Crippen LogP contribution in [0, 0.1) is 11.3 Å². The molecule has 0 aliphatic carbocycles. The molecule has 0 bridgehead atoms. The van der Waals surface area contributed by atoms with Gasteiger partial charge in [0.15, 0.2) is 0 Å². The van der Waals surface area contributed by atoms with Gasteiger partial charge in [0.1, 0.15) is 17.2 Å². The van der Waals surface area contributed by atoms with Crippen molar-refractivity contribution in [2.45, 2.75) is 13.3 Å². The van der Waals surface area contributed by atoms with Crippen LogP contribution < -0.4 is 19.8 Å². The zero-order chi connectivity index (χ0) is 23.1. The Hall–Kier alpha value is -3.45. The molecule has 0 amide bonds. The molecule has 1 aromatic heterocycles. The normalized spacial score (nSPS) is 11.6. The number of aromatic nitrogens is 1. The first-order valence-corrected chi connectivity index (χ1v) is 11.0. The fourth-order valence-electron chi connectivity index (χ4n) is 3.13. The molecule has 1 heterocycles. The van der Waals surface area contributed by atoms with E-state index in [2.05, 4.69) is 10.8 Å². The molecule has 2 N–H and O–H groups in total. The van der Waals surface area contributed by atoms with Crippen molar-refractivity contribution in [3.8, 4) is 34.4 Å². The molecule has 2 aromatic carbocycles. The topological polar surface area (TPSA) is 114 Å². The number of hydrogen-bond donors (Lipinski definition) is 2. The van der Waals surface area contributed by atoms with E-state index in [1.807, 2.05) is 19.1 Å². The van der Waals surface area contributed by atoms with Crippen LogP contribution in [0.1, 0.15) is 18.1 Å². The first-order valence-electron chi connectivity index (χ1n) is 9.90. The van der Waals surface area contributed by atoms with Crippen LogP contribution in [0.4, 0.5) is 0 Å². The summed E-state index contributed by atoms with van der Waals surface area (Å²) in [6, 6.07) is 15.8. The average Bonchev–Trinajstić information content (AvgIpc) is 2.77. The monoisotopic (exact) mass is 453 g/mol. The highest BCUT2D eigenvalue weighted by Gasteiger charge is 2.16. The molecule has 0 aliphatic heterocycles. The molecule has 0 radical (unpaired) electrons. The summed E-state index contributed by atoms with van der Waals surface area (Å²) in [5.74, 6) is 1.53. The van der Waals surface area contributed by atoms with Crippen molar-refractivity contribution in [2.24, 2.45) is 7.05 Å². The molecule has 1 unspecified atom stereocenters. The van der Waals surface area contributed by atoms with E-state index in [0.717, 1.165) is 5.56 Å². The molecule has 0 aliphatic rings. The zero-order valence-electron chi connectivity index (χ0n) is 17.7. The highest BCUT2D eigenvalue weighted by atomic mass is 32.2.